The normalized spacial score (nSPS) is 19.6. The van der Waals surface area contributed by atoms with Crippen molar-refractivity contribution in [3.8, 4) is 5.75 Å². The second kappa shape index (κ2) is 7.53. The Bertz CT molecular complexity index is 843. The van der Waals surface area contributed by atoms with Gasteiger partial charge in [0.05, 0.1) is 15.5 Å². The fourth-order valence-electron chi connectivity index (χ4n) is 2.75. The first kappa shape index (κ1) is 20.0. The van der Waals surface area contributed by atoms with Crippen LogP contribution in [-0.2, 0) is 9.84 Å². The largest absolute Gasteiger partial charge is 0.492 e. The molecular formula is C16H20ClNO5S2. The van der Waals surface area contributed by atoms with Crippen LogP contribution in [0, 0.1) is 0 Å². The number of halogens is 1. The maximum Gasteiger partial charge on any atom is 0.187 e. The predicted octanol–water partition coefficient (Wildman–Crippen LogP) is 3.08. The van der Waals surface area contributed by atoms with Crippen LogP contribution in [0.3, 0.4) is 0 Å². The van der Waals surface area contributed by atoms with Gasteiger partial charge in [0.15, 0.2) is 9.84 Å². The third-order valence-electron chi connectivity index (χ3n) is 3.90. The Kier molecular flexibility index (Phi) is 6.03. The molecule has 3 rings (SSSR count). The van der Waals surface area contributed by atoms with Crippen LogP contribution < -0.4 is 10.5 Å². The lowest BCUT2D eigenvalue weighted by Gasteiger charge is -2.27. The molecule has 0 amide bonds. The molecule has 6 nitrogen and oxygen atoms in total. The van der Waals surface area contributed by atoms with Gasteiger partial charge in [-0.2, -0.15) is 10.6 Å². The zero-order valence-electron chi connectivity index (χ0n) is 13.2. The van der Waals surface area contributed by atoms with Gasteiger partial charge in [-0.15, -0.1) is 12.4 Å². The lowest BCUT2D eigenvalue weighted by atomic mass is 10.1. The van der Waals surface area contributed by atoms with Crippen LogP contribution in [0.4, 0.5) is 0 Å². The molecule has 2 aromatic carbocycles. The number of nitrogens with two attached hydrogens (primary N) is 1. The van der Waals surface area contributed by atoms with Gasteiger partial charge in [-0.1, -0.05) is 24.3 Å². The molecule has 1 aliphatic heterocycles. The Morgan fingerprint density at radius 3 is 2.48 bits per heavy atom. The lowest BCUT2D eigenvalue weighted by molar-refractivity contribution is 0.327. The molecule has 1 atom stereocenters. The molecule has 0 bridgehead atoms. The Balaban J connectivity index is 0.00000225. The number of sulfone groups is 1. The Labute approximate surface area is 154 Å². The van der Waals surface area contributed by atoms with Crippen molar-refractivity contribution in [1.29, 1.82) is 0 Å². The molecule has 0 aromatic heterocycles. The molecule has 0 aliphatic carbocycles. The van der Waals surface area contributed by atoms with Crippen molar-refractivity contribution in [2.45, 2.75) is 15.0 Å². The standard InChI is InChI=1S/C16H19NO5S2.ClH/c17-8-9-22-12-6-7-14-15(10-12)23(18,19)11-16(14)24(20,21)13-4-2-1-3-5-13;/h1-7,10,16,18-19H,8-9,11,17H2;1H. The summed E-state index contributed by atoms with van der Waals surface area (Å²) in [6.07, 6.45) is 0. The maximum atomic E-state index is 12.9. The summed E-state index contributed by atoms with van der Waals surface area (Å²) in [4.78, 5) is 0.406. The van der Waals surface area contributed by atoms with Crippen molar-refractivity contribution in [1.82, 2.24) is 0 Å². The van der Waals surface area contributed by atoms with E-state index in [1.165, 1.54) is 18.2 Å². The van der Waals surface area contributed by atoms with Crippen LogP contribution in [0.5, 0.6) is 5.75 Å². The zero-order valence-corrected chi connectivity index (χ0v) is 15.7. The highest BCUT2D eigenvalue weighted by Crippen LogP contribution is 2.61. The summed E-state index contributed by atoms with van der Waals surface area (Å²) in [5.74, 6) is 0.205. The number of fused-ring (bicyclic) bond motifs is 1. The average Bonchev–Trinajstić information content (AvgIpc) is 2.85. The molecule has 25 heavy (non-hydrogen) atoms. The average molecular weight is 406 g/mol. The fraction of sp³-hybridized carbons (Fsp3) is 0.250. The van der Waals surface area contributed by atoms with E-state index in [0.717, 1.165) is 0 Å². The van der Waals surface area contributed by atoms with E-state index in [1.807, 2.05) is 0 Å². The van der Waals surface area contributed by atoms with Gasteiger partial charge in [0.1, 0.15) is 17.6 Å². The first-order valence-electron chi connectivity index (χ1n) is 7.38. The Morgan fingerprint density at radius 2 is 1.84 bits per heavy atom. The van der Waals surface area contributed by atoms with Gasteiger partial charge < -0.3 is 10.5 Å². The van der Waals surface area contributed by atoms with Crippen molar-refractivity contribution >= 4 is 32.8 Å². The van der Waals surface area contributed by atoms with E-state index in [4.69, 9.17) is 10.5 Å². The smallest absolute Gasteiger partial charge is 0.187 e. The third kappa shape index (κ3) is 3.79. The van der Waals surface area contributed by atoms with Crippen molar-refractivity contribution in [2.24, 2.45) is 5.73 Å². The molecule has 0 saturated carbocycles. The zero-order chi connectivity index (χ0) is 17.4. The summed E-state index contributed by atoms with van der Waals surface area (Å²) in [6.45, 7) is 0.627. The summed E-state index contributed by atoms with van der Waals surface area (Å²) in [5, 5.41) is -0.983. The number of benzene rings is 2. The van der Waals surface area contributed by atoms with Crippen molar-refractivity contribution in [3.63, 3.8) is 0 Å². The molecule has 0 spiro atoms. The van der Waals surface area contributed by atoms with Crippen LogP contribution >= 0.6 is 23.0 Å². The van der Waals surface area contributed by atoms with Gasteiger partial charge in [-0.25, -0.2) is 8.42 Å². The van der Waals surface area contributed by atoms with Gasteiger partial charge in [-0.05, 0) is 23.8 Å². The highest BCUT2D eigenvalue weighted by Gasteiger charge is 2.43. The molecule has 138 valence electrons. The van der Waals surface area contributed by atoms with Gasteiger partial charge in [-0.3, -0.25) is 9.11 Å². The van der Waals surface area contributed by atoms with E-state index in [2.05, 4.69) is 0 Å². The van der Waals surface area contributed by atoms with Crippen molar-refractivity contribution < 1.29 is 22.3 Å². The summed E-state index contributed by atoms with van der Waals surface area (Å²) >= 11 is 0. The van der Waals surface area contributed by atoms with E-state index in [0.29, 0.717) is 24.5 Å². The summed E-state index contributed by atoms with van der Waals surface area (Å²) in [7, 11) is -6.90. The molecule has 2 aromatic rings. The van der Waals surface area contributed by atoms with Gasteiger partial charge in [0, 0.05) is 12.6 Å². The minimum absolute atomic E-state index is 0. The van der Waals surface area contributed by atoms with Crippen LogP contribution in [0.1, 0.15) is 10.8 Å². The minimum atomic E-state index is -3.71. The molecule has 4 N–H and O–H groups in total. The molecule has 0 saturated heterocycles. The Hall–Kier alpha value is -1.29. The summed E-state index contributed by atoms with van der Waals surface area (Å²) in [5.41, 5.74) is 5.80. The topological polar surface area (TPSA) is 110 Å². The highest BCUT2D eigenvalue weighted by atomic mass is 35.5. The first-order valence-corrected chi connectivity index (χ1v) is 10.6. The van der Waals surface area contributed by atoms with Crippen LogP contribution in [0.25, 0.3) is 0 Å². The van der Waals surface area contributed by atoms with Crippen LogP contribution in [0.15, 0.2) is 58.3 Å². The molecule has 9 heteroatoms. The quantitative estimate of drug-likeness (QED) is 0.705. The number of ether oxygens (including phenoxy) is 1. The summed E-state index contributed by atoms with van der Waals surface area (Å²) in [6, 6.07) is 12.8. The molecule has 0 fully saturated rings. The SMILES string of the molecule is Cl.NCCOc1ccc2c(c1)S(O)(O)CC2S(=O)(=O)c1ccccc1. The van der Waals surface area contributed by atoms with E-state index < -0.39 is 25.7 Å². The predicted molar refractivity (Wildman–Crippen MR) is 101 cm³/mol. The molecular weight excluding hydrogens is 386 g/mol. The lowest BCUT2D eigenvalue weighted by Crippen LogP contribution is -2.15. The highest BCUT2D eigenvalue weighted by molar-refractivity contribution is 8.25. The van der Waals surface area contributed by atoms with E-state index in [9.17, 15) is 17.5 Å². The van der Waals surface area contributed by atoms with E-state index in [-0.39, 0.29) is 28.0 Å². The van der Waals surface area contributed by atoms with Gasteiger partial charge in [0.25, 0.3) is 0 Å². The van der Waals surface area contributed by atoms with E-state index >= 15 is 0 Å². The summed E-state index contributed by atoms with van der Waals surface area (Å²) < 4.78 is 51.9. The van der Waals surface area contributed by atoms with Crippen LogP contribution in [0.2, 0.25) is 0 Å². The van der Waals surface area contributed by atoms with Crippen molar-refractivity contribution in [3.05, 3.63) is 54.1 Å². The third-order valence-corrected chi connectivity index (χ3v) is 8.07. The number of hydrogen-bond acceptors (Lipinski definition) is 6. The van der Waals surface area contributed by atoms with Gasteiger partial charge >= 0.3 is 0 Å². The fourth-order valence-corrected chi connectivity index (χ4v) is 7.19. The minimum Gasteiger partial charge on any atom is -0.492 e. The Morgan fingerprint density at radius 1 is 1.16 bits per heavy atom. The van der Waals surface area contributed by atoms with Gasteiger partial charge in [0.2, 0.25) is 0 Å². The second-order valence-corrected chi connectivity index (χ2v) is 9.75. The molecule has 1 unspecified atom stereocenters. The molecule has 1 heterocycles. The molecule has 1 aliphatic rings. The van der Waals surface area contributed by atoms with Crippen molar-refractivity contribution in [2.75, 3.05) is 18.9 Å². The second-order valence-electron chi connectivity index (χ2n) is 5.52. The maximum absolute atomic E-state index is 12.9. The molecule has 0 radical (unpaired) electrons. The number of hydrogen-bond donors (Lipinski definition) is 3. The first-order chi connectivity index (χ1) is 11.4. The van der Waals surface area contributed by atoms with Crippen LogP contribution in [-0.4, -0.2) is 36.4 Å². The monoisotopic (exact) mass is 405 g/mol. The van der Waals surface area contributed by atoms with E-state index in [1.54, 1.807) is 30.3 Å². The number of rotatable bonds is 5.